The van der Waals surface area contributed by atoms with Crippen LogP contribution in [0.2, 0.25) is 0 Å². The first-order valence-corrected chi connectivity index (χ1v) is 7.33. The standard InChI is InChI=1S/C15H22N4O3/c1-10-8-18(9-11(2)17(10)4)15(20)16-13-6-5-7-14(12(13)3)19(21)22/h5-7,10-11H,8-9H2,1-4H3,(H,16,20)/t10-,11+. The zero-order chi connectivity index (χ0) is 16.4. The number of urea groups is 1. The van der Waals surface area contributed by atoms with Gasteiger partial charge in [-0.25, -0.2) is 4.79 Å². The third kappa shape index (κ3) is 3.19. The Morgan fingerprint density at radius 1 is 1.32 bits per heavy atom. The molecule has 7 heteroatoms. The fourth-order valence-corrected chi connectivity index (χ4v) is 2.72. The number of nitrogens with one attached hydrogen (secondary N) is 1. The summed E-state index contributed by atoms with van der Waals surface area (Å²) >= 11 is 0. The molecule has 1 aromatic rings. The number of anilines is 1. The Kier molecular flexibility index (Phi) is 4.65. The predicted octanol–water partition coefficient (Wildman–Crippen LogP) is 2.46. The van der Waals surface area contributed by atoms with E-state index in [2.05, 4.69) is 31.1 Å². The van der Waals surface area contributed by atoms with Gasteiger partial charge in [0.05, 0.1) is 16.2 Å². The summed E-state index contributed by atoms with van der Waals surface area (Å²) in [6.45, 7) is 7.08. The summed E-state index contributed by atoms with van der Waals surface area (Å²) in [7, 11) is 2.05. The number of benzene rings is 1. The van der Waals surface area contributed by atoms with Crippen LogP contribution >= 0.6 is 0 Å². The lowest BCUT2D eigenvalue weighted by atomic mass is 10.1. The van der Waals surface area contributed by atoms with E-state index in [1.54, 1.807) is 24.0 Å². The largest absolute Gasteiger partial charge is 0.321 e. The lowest BCUT2D eigenvalue weighted by Gasteiger charge is -2.42. The van der Waals surface area contributed by atoms with Crippen molar-refractivity contribution in [2.75, 3.05) is 25.5 Å². The molecule has 0 aromatic heterocycles. The summed E-state index contributed by atoms with van der Waals surface area (Å²) in [5, 5.41) is 13.8. The minimum atomic E-state index is -0.439. The van der Waals surface area contributed by atoms with Crippen LogP contribution in [0, 0.1) is 17.0 Å². The van der Waals surface area contributed by atoms with E-state index >= 15 is 0 Å². The Hall–Kier alpha value is -2.15. The lowest BCUT2D eigenvalue weighted by molar-refractivity contribution is -0.385. The summed E-state index contributed by atoms with van der Waals surface area (Å²) < 4.78 is 0. The van der Waals surface area contributed by atoms with Gasteiger partial charge in [0.15, 0.2) is 0 Å². The van der Waals surface area contributed by atoms with E-state index in [1.807, 2.05) is 0 Å². The highest BCUT2D eigenvalue weighted by Gasteiger charge is 2.29. The summed E-state index contributed by atoms with van der Waals surface area (Å²) in [4.78, 5) is 26.9. The smallest absolute Gasteiger partial charge is 0.321 e. The molecule has 22 heavy (non-hydrogen) atoms. The molecule has 120 valence electrons. The molecule has 2 amide bonds. The maximum absolute atomic E-state index is 12.4. The number of hydrogen-bond acceptors (Lipinski definition) is 4. The minimum Gasteiger partial charge on any atom is -0.321 e. The number of nitro groups is 1. The quantitative estimate of drug-likeness (QED) is 0.672. The van der Waals surface area contributed by atoms with Gasteiger partial charge in [0, 0.05) is 31.2 Å². The van der Waals surface area contributed by atoms with Crippen LogP contribution in [-0.2, 0) is 0 Å². The Morgan fingerprint density at radius 2 is 1.91 bits per heavy atom. The van der Waals surface area contributed by atoms with Gasteiger partial charge >= 0.3 is 6.03 Å². The number of nitro benzene ring substituents is 1. The zero-order valence-corrected chi connectivity index (χ0v) is 13.4. The van der Waals surface area contributed by atoms with E-state index in [1.165, 1.54) is 6.07 Å². The highest BCUT2D eigenvalue weighted by molar-refractivity contribution is 5.91. The van der Waals surface area contributed by atoms with Crippen molar-refractivity contribution in [2.24, 2.45) is 0 Å². The number of amides is 2. The first-order valence-electron chi connectivity index (χ1n) is 7.33. The van der Waals surface area contributed by atoms with E-state index in [4.69, 9.17) is 0 Å². The number of piperazine rings is 1. The molecule has 1 fully saturated rings. The molecule has 1 aliphatic heterocycles. The van der Waals surface area contributed by atoms with Crippen LogP contribution in [-0.4, -0.2) is 53.0 Å². The van der Waals surface area contributed by atoms with Crippen LogP contribution in [0.5, 0.6) is 0 Å². The predicted molar refractivity (Wildman–Crippen MR) is 85.1 cm³/mol. The maximum Gasteiger partial charge on any atom is 0.321 e. The van der Waals surface area contributed by atoms with Crippen LogP contribution in [0.3, 0.4) is 0 Å². The molecule has 1 heterocycles. The monoisotopic (exact) mass is 306 g/mol. The van der Waals surface area contributed by atoms with Gasteiger partial charge in [-0.15, -0.1) is 0 Å². The second-order valence-corrected chi connectivity index (χ2v) is 5.91. The van der Waals surface area contributed by atoms with Crippen LogP contribution in [0.25, 0.3) is 0 Å². The Balaban J connectivity index is 2.13. The molecule has 2 rings (SSSR count). The first kappa shape index (κ1) is 16.2. The molecule has 2 atom stereocenters. The van der Waals surface area contributed by atoms with Gasteiger partial charge in [0.25, 0.3) is 5.69 Å². The fourth-order valence-electron chi connectivity index (χ4n) is 2.72. The summed E-state index contributed by atoms with van der Waals surface area (Å²) in [6.07, 6.45) is 0. The third-order valence-corrected chi connectivity index (χ3v) is 4.39. The van der Waals surface area contributed by atoms with Crippen molar-refractivity contribution in [1.82, 2.24) is 9.80 Å². The Morgan fingerprint density at radius 3 is 2.45 bits per heavy atom. The minimum absolute atomic E-state index is 0.0120. The summed E-state index contributed by atoms with van der Waals surface area (Å²) in [5.41, 5.74) is 0.965. The molecule has 1 N–H and O–H groups in total. The normalized spacial score (nSPS) is 22.5. The third-order valence-electron chi connectivity index (χ3n) is 4.39. The van der Waals surface area contributed by atoms with Gasteiger partial charge in [-0.2, -0.15) is 0 Å². The van der Waals surface area contributed by atoms with E-state index in [0.29, 0.717) is 24.3 Å². The van der Waals surface area contributed by atoms with Crippen molar-refractivity contribution in [3.05, 3.63) is 33.9 Å². The molecule has 0 saturated carbocycles. The van der Waals surface area contributed by atoms with E-state index in [9.17, 15) is 14.9 Å². The van der Waals surface area contributed by atoms with Gasteiger partial charge < -0.3 is 10.2 Å². The second-order valence-electron chi connectivity index (χ2n) is 5.91. The average molecular weight is 306 g/mol. The number of rotatable bonds is 2. The van der Waals surface area contributed by atoms with Crippen molar-refractivity contribution in [2.45, 2.75) is 32.9 Å². The van der Waals surface area contributed by atoms with Gasteiger partial charge in [0.2, 0.25) is 0 Å². The lowest BCUT2D eigenvalue weighted by Crippen LogP contribution is -2.57. The second kappa shape index (κ2) is 6.31. The van der Waals surface area contributed by atoms with Crippen molar-refractivity contribution in [1.29, 1.82) is 0 Å². The van der Waals surface area contributed by atoms with Crippen molar-refractivity contribution >= 4 is 17.4 Å². The SMILES string of the molecule is Cc1c(NC(=O)N2C[C@@H](C)N(C)[C@@H](C)C2)cccc1[N+](=O)[O-]. The topological polar surface area (TPSA) is 78.7 Å². The molecule has 0 unspecified atom stereocenters. The molecule has 7 nitrogen and oxygen atoms in total. The van der Waals surface area contributed by atoms with Crippen molar-refractivity contribution in [3.63, 3.8) is 0 Å². The molecular weight excluding hydrogens is 284 g/mol. The number of carbonyl (C=O) groups is 1. The molecule has 0 bridgehead atoms. The molecular formula is C15H22N4O3. The molecule has 1 aromatic carbocycles. The first-order chi connectivity index (χ1) is 10.3. The molecule has 0 aliphatic carbocycles. The average Bonchev–Trinajstić information content (AvgIpc) is 2.46. The van der Waals surface area contributed by atoms with Gasteiger partial charge in [0.1, 0.15) is 0 Å². The maximum atomic E-state index is 12.4. The number of carbonyl (C=O) groups excluding carboxylic acids is 1. The Labute approximate surface area is 130 Å². The van der Waals surface area contributed by atoms with Crippen LogP contribution in [0.4, 0.5) is 16.2 Å². The van der Waals surface area contributed by atoms with Crippen molar-refractivity contribution < 1.29 is 9.72 Å². The fraction of sp³-hybridized carbons (Fsp3) is 0.533. The van der Waals surface area contributed by atoms with Gasteiger partial charge in [-0.3, -0.25) is 15.0 Å². The number of nitrogens with zero attached hydrogens (tertiary/aromatic N) is 3. The molecule has 1 aliphatic rings. The van der Waals surface area contributed by atoms with Crippen LogP contribution in [0.15, 0.2) is 18.2 Å². The molecule has 1 saturated heterocycles. The Bertz CT molecular complexity index is 578. The summed E-state index contributed by atoms with van der Waals surface area (Å²) in [6, 6.07) is 5.04. The highest BCUT2D eigenvalue weighted by atomic mass is 16.6. The van der Waals surface area contributed by atoms with Crippen molar-refractivity contribution in [3.8, 4) is 0 Å². The van der Waals surface area contributed by atoms with E-state index in [-0.39, 0.29) is 23.8 Å². The number of likely N-dealkylation sites (N-methyl/N-ethyl adjacent to an activating group) is 1. The molecule has 0 spiro atoms. The molecule has 0 radical (unpaired) electrons. The van der Waals surface area contributed by atoms with Gasteiger partial charge in [-0.1, -0.05) is 6.07 Å². The van der Waals surface area contributed by atoms with Crippen LogP contribution < -0.4 is 5.32 Å². The summed E-state index contributed by atoms with van der Waals surface area (Å²) in [5.74, 6) is 0. The van der Waals surface area contributed by atoms with Crippen LogP contribution in [0.1, 0.15) is 19.4 Å². The van der Waals surface area contributed by atoms with E-state index < -0.39 is 4.92 Å². The van der Waals surface area contributed by atoms with E-state index in [0.717, 1.165) is 0 Å². The zero-order valence-electron chi connectivity index (χ0n) is 13.4. The number of hydrogen-bond donors (Lipinski definition) is 1. The highest BCUT2D eigenvalue weighted by Crippen LogP contribution is 2.25. The van der Waals surface area contributed by atoms with Gasteiger partial charge in [-0.05, 0) is 33.9 Å².